The first-order valence-corrected chi connectivity index (χ1v) is 14.0. The number of amides is 1. The molecule has 1 atom stereocenters. The number of ether oxygens (including phenoxy) is 3. The Morgan fingerprint density at radius 1 is 1.13 bits per heavy atom. The molecule has 0 saturated carbocycles. The van der Waals surface area contributed by atoms with Gasteiger partial charge in [0.15, 0.2) is 18.1 Å². The summed E-state index contributed by atoms with van der Waals surface area (Å²) in [5.41, 5.74) is 3.50. The molecule has 39 heavy (non-hydrogen) atoms. The van der Waals surface area contributed by atoms with Gasteiger partial charge < -0.3 is 19.5 Å². The minimum atomic E-state index is -0.443. The molecule has 1 aliphatic rings. The third-order valence-corrected chi connectivity index (χ3v) is 8.06. The molecule has 0 saturated heterocycles. The molecule has 8 heteroatoms. The summed E-state index contributed by atoms with van der Waals surface area (Å²) in [4.78, 5) is 31.2. The maximum absolute atomic E-state index is 13.5. The second kappa shape index (κ2) is 12.5. The minimum Gasteiger partial charge on any atom is -0.493 e. The van der Waals surface area contributed by atoms with Crippen LogP contribution in [0.4, 0.5) is 10.7 Å². The summed E-state index contributed by atoms with van der Waals surface area (Å²) < 4.78 is 16.0. The summed E-state index contributed by atoms with van der Waals surface area (Å²) >= 11 is 1.60. The number of methoxy groups -OCH3 is 1. The molecule has 0 spiro atoms. The van der Waals surface area contributed by atoms with E-state index >= 15 is 0 Å². The highest BCUT2D eigenvalue weighted by molar-refractivity contribution is 7.16. The Kier molecular flexibility index (Phi) is 9.07. The first-order valence-electron chi connectivity index (χ1n) is 13.2. The van der Waals surface area contributed by atoms with E-state index in [4.69, 9.17) is 19.2 Å². The molecule has 1 aromatic heterocycles. The van der Waals surface area contributed by atoms with Crippen molar-refractivity contribution in [2.75, 3.05) is 25.6 Å². The number of fused-ring (bicyclic) bond motifs is 1. The van der Waals surface area contributed by atoms with Crippen LogP contribution in [-0.2, 0) is 22.4 Å². The maximum atomic E-state index is 13.5. The Labute approximate surface area is 234 Å². The average Bonchev–Trinajstić information content (AvgIpc) is 3.29. The van der Waals surface area contributed by atoms with E-state index < -0.39 is 5.97 Å². The van der Waals surface area contributed by atoms with Gasteiger partial charge in [-0.15, -0.1) is 11.3 Å². The molecule has 0 bridgehead atoms. The molecule has 4 rings (SSSR count). The number of nitrogens with zero attached hydrogens (tertiary/aromatic N) is 1. The van der Waals surface area contributed by atoms with E-state index in [1.165, 1.54) is 4.88 Å². The van der Waals surface area contributed by atoms with E-state index in [0.29, 0.717) is 34.6 Å². The predicted molar refractivity (Wildman–Crippen MR) is 156 cm³/mol. The SMILES string of the molecule is CCOC(=O)COc1ccc(C=Nc2sc3c(c2C(=O)Nc2ccccc2)CC[C@@H](C(C)(C)C)C3)cc1OC. The van der Waals surface area contributed by atoms with Gasteiger partial charge in [-0.3, -0.25) is 4.79 Å². The number of rotatable bonds is 9. The van der Waals surface area contributed by atoms with Crippen LogP contribution in [0, 0.1) is 11.3 Å². The van der Waals surface area contributed by atoms with Crippen LogP contribution >= 0.6 is 11.3 Å². The molecule has 206 valence electrons. The van der Waals surface area contributed by atoms with Gasteiger partial charge in [0.05, 0.1) is 19.3 Å². The normalized spacial score (nSPS) is 15.1. The van der Waals surface area contributed by atoms with Gasteiger partial charge in [0.2, 0.25) is 0 Å². The summed E-state index contributed by atoms with van der Waals surface area (Å²) in [5.74, 6) is 0.883. The lowest BCUT2D eigenvalue weighted by Crippen LogP contribution is -2.27. The molecule has 0 fully saturated rings. The fourth-order valence-electron chi connectivity index (χ4n) is 4.71. The minimum absolute atomic E-state index is 0.139. The van der Waals surface area contributed by atoms with Crippen LogP contribution in [0.5, 0.6) is 11.5 Å². The number of anilines is 1. The van der Waals surface area contributed by atoms with Crippen molar-refractivity contribution in [3.8, 4) is 11.5 Å². The number of carbonyl (C=O) groups is 2. The number of carbonyl (C=O) groups excluding carboxylic acids is 2. The van der Waals surface area contributed by atoms with Crippen molar-refractivity contribution >= 4 is 40.1 Å². The van der Waals surface area contributed by atoms with Crippen LogP contribution in [0.1, 0.15) is 60.5 Å². The van der Waals surface area contributed by atoms with Crippen molar-refractivity contribution in [1.29, 1.82) is 0 Å². The topological polar surface area (TPSA) is 86.2 Å². The Morgan fingerprint density at radius 3 is 2.59 bits per heavy atom. The second-order valence-corrected chi connectivity index (χ2v) is 11.7. The molecule has 2 aromatic carbocycles. The molecular formula is C31H36N2O5S. The first kappa shape index (κ1) is 28.4. The zero-order valence-corrected chi connectivity index (χ0v) is 24.0. The van der Waals surface area contributed by atoms with Crippen molar-refractivity contribution in [3.05, 3.63) is 70.1 Å². The van der Waals surface area contributed by atoms with Crippen LogP contribution in [0.25, 0.3) is 0 Å². The summed E-state index contributed by atoms with van der Waals surface area (Å²) in [7, 11) is 1.54. The number of nitrogens with one attached hydrogen (secondary N) is 1. The Balaban J connectivity index is 1.62. The smallest absolute Gasteiger partial charge is 0.344 e. The molecule has 1 heterocycles. The lowest BCUT2D eigenvalue weighted by molar-refractivity contribution is -0.145. The van der Waals surface area contributed by atoms with Crippen LogP contribution in [0.3, 0.4) is 0 Å². The molecule has 0 radical (unpaired) electrons. The molecule has 7 nitrogen and oxygen atoms in total. The fourth-order valence-corrected chi connectivity index (χ4v) is 5.98. The van der Waals surface area contributed by atoms with Gasteiger partial charge in [-0.2, -0.15) is 0 Å². The largest absolute Gasteiger partial charge is 0.493 e. The predicted octanol–water partition coefficient (Wildman–Crippen LogP) is 6.85. The number of aliphatic imine (C=N–C) groups is 1. The van der Waals surface area contributed by atoms with Crippen LogP contribution < -0.4 is 14.8 Å². The molecule has 1 amide bonds. The van der Waals surface area contributed by atoms with E-state index in [9.17, 15) is 9.59 Å². The molecular weight excluding hydrogens is 512 g/mol. The van der Waals surface area contributed by atoms with Gasteiger partial charge in [0, 0.05) is 16.8 Å². The van der Waals surface area contributed by atoms with Gasteiger partial charge in [0.25, 0.3) is 5.91 Å². The van der Waals surface area contributed by atoms with Crippen molar-refractivity contribution < 1.29 is 23.8 Å². The fraction of sp³-hybridized carbons (Fsp3) is 0.387. The van der Waals surface area contributed by atoms with Crippen LogP contribution in [0.2, 0.25) is 0 Å². The van der Waals surface area contributed by atoms with E-state index in [0.717, 1.165) is 36.1 Å². The molecule has 1 N–H and O–H groups in total. The van der Waals surface area contributed by atoms with Crippen molar-refractivity contribution in [2.45, 2.75) is 47.0 Å². The van der Waals surface area contributed by atoms with Gasteiger partial charge >= 0.3 is 5.97 Å². The number of esters is 1. The highest BCUT2D eigenvalue weighted by Gasteiger charge is 2.33. The first-order chi connectivity index (χ1) is 18.7. The van der Waals surface area contributed by atoms with Crippen molar-refractivity contribution in [3.63, 3.8) is 0 Å². The third-order valence-electron chi connectivity index (χ3n) is 6.90. The van der Waals surface area contributed by atoms with Crippen molar-refractivity contribution in [1.82, 2.24) is 0 Å². The summed E-state index contributed by atoms with van der Waals surface area (Å²) in [6.07, 6.45) is 4.59. The van der Waals surface area contributed by atoms with E-state index in [1.807, 2.05) is 36.4 Å². The monoisotopic (exact) mass is 548 g/mol. The zero-order valence-electron chi connectivity index (χ0n) is 23.2. The summed E-state index contributed by atoms with van der Waals surface area (Å²) in [6, 6.07) is 14.8. The van der Waals surface area contributed by atoms with E-state index in [1.54, 1.807) is 43.7 Å². The number of thiophene rings is 1. The lowest BCUT2D eigenvalue weighted by atomic mass is 9.72. The zero-order chi connectivity index (χ0) is 28.0. The number of hydrogen-bond donors (Lipinski definition) is 1. The second-order valence-electron chi connectivity index (χ2n) is 10.6. The quantitative estimate of drug-likeness (QED) is 0.233. The average molecular weight is 549 g/mol. The van der Waals surface area contributed by atoms with E-state index in [2.05, 4.69) is 26.1 Å². The third kappa shape index (κ3) is 7.06. The highest BCUT2D eigenvalue weighted by Crippen LogP contribution is 2.45. The van der Waals surface area contributed by atoms with Gasteiger partial charge in [-0.05, 0) is 79.0 Å². The highest BCUT2D eigenvalue weighted by atomic mass is 32.1. The molecule has 0 aliphatic heterocycles. The number of para-hydroxylation sites is 1. The standard InChI is InChI=1S/C31H36N2O5S/c1-6-37-27(34)19-38-24-15-12-20(16-25(24)36-5)18-32-30-28(29(35)33-22-10-8-7-9-11-22)23-14-13-21(31(2,3)4)17-26(23)39-30/h7-12,15-16,18,21H,6,13-14,17,19H2,1-5H3,(H,33,35)/t21-/m1/s1. The Morgan fingerprint density at radius 2 is 1.90 bits per heavy atom. The lowest BCUT2D eigenvalue weighted by Gasteiger charge is -2.33. The number of hydrogen-bond acceptors (Lipinski definition) is 7. The molecule has 0 unspecified atom stereocenters. The molecule has 1 aliphatic carbocycles. The van der Waals surface area contributed by atoms with Gasteiger partial charge in [-0.25, -0.2) is 9.79 Å². The van der Waals surface area contributed by atoms with E-state index in [-0.39, 0.29) is 17.9 Å². The van der Waals surface area contributed by atoms with Gasteiger partial charge in [-0.1, -0.05) is 39.0 Å². The van der Waals surface area contributed by atoms with Gasteiger partial charge in [0.1, 0.15) is 5.00 Å². The molecule has 3 aromatic rings. The van der Waals surface area contributed by atoms with Crippen LogP contribution in [-0.4, -0.2) is 38.4 Å². The van der Waals surface area contributed by atoms with Crippen molar-refractivity contribution in [2.24, 2.45) is 16.3 Å². The van der Waals surface area contributed by atoms with Crippen LogP contribution in [0.15, 0.2) is 53.5 Å². The summed E-state index contributed by atoms with van der Waals surface area (Å²) in [5, 5.41) is 3.75. The Hall–Kier alpha value is -3.65. The Bertz CT molecular complexity index is 1340. The summed E-state index contributed by atoms with van der Waals surface area (Å²) in [6.45, 7) is 8.69. The number of benzene rings is 2. The maximum Gasteiger partial charge on any atom is 0.344 e.